The van der Waals surface area contributed by atoms with Crippen LogP contribution in [0.4, 0.5) is 10.5 Å². The molecule has 0 spiro atoms. The van der Waals surface area contributed by atoms with Gasteiger partial charge in [0.15, 0.2) is 6.29 Å². The topological polar surface area (TPSA) is 123 Å². The number of hydrogen-bond donors (Lipinski definition) is 0. The Hall–Kier alpha value is -4.31. The van der Waals surface area contributed by atoms with Crippen molar-refractivity contribution in [2.75, 3.05) is 31.2 Å². The van der Waals surface area contributed by atoms with Gasteiger partial charge in [0.1, 0.15) is 5.60 Å². The zero-order valence-corrected chi connectivity index (χ0v) is 32.9. The maximum atomic E-state index is 13.7. The predicted octanol–water partition coefficient (Wildman–Crippen LogP) is 7.58. The van der Waals surface area contributed by atoms with Crippen LogP contribution in [-0.4, -0.2) is 76.0 Å². The number of anilines is 1. The Morgan fingerprint density at radius 3 is 2.63 bits per heavy atom. The third kappa shape index (κ3) is 7.38. The fourth-order valence-electron chi connectivity index (χ4n) is 8.30. The van der Waals surface area contributed by atoms with Crippen molar-refractivity contribution in [1.82, 2.24) is 19.7 Å². The number of fused-ring (bicyclic) bond motifs is 4. The zero-order valence-electron chi connectivity index (χ0n) is 32.1. The van der Waals surface area contributed by atoms with E-state index < -0.39 is 5.60 Å². The summed E-state index contributed by atoms with van der Waals surface area (Å²) in [6, 6.07) is 12.2. The van der Waals surface area contributed by atoms with Gasteiger partial charge in [-0.05, 0) is 106 Å². The van der Waals surface area contributed by atoms with Crippen molar-refractivity contribution in [3.05, 3.63) is 74.6 Å². The molecule has 3 fully saturated rings. The number of rotatable bonds is 7. The van der Waals surface area contributed by atoms with Gasteiger partial charge in [0.25, 0.3) is 5.56 Å². The first kappa shape index (κ1) is 36.7. The van der Waals surface area contributed by atoms with Crippen LogP contribution in [0.3, 0.4) is 0 Å². The smallest absolute Gasteiger partial charge is 0.410 e. The molecule has 12 heteroatoms. The number of likely N-dealkylation sites (tertiary alicyclic amines) is 1. The molecule has 1 aromatic carbocycles. The van der Waals surface area contributed by atoms with E-state index in [1.807, 2.05) is 50.1 Å². The van der Waals surface area contributed by atoms with E-state index in [0.29, 0.717) is 43.7 Å². The largest absolute Gasteiger partial charge is 0.444 e. The van der Waals surface area contributed by atoms with Crippen molar-refractivity contribution >= 4 is 33.3 Å². The minimum atomic E-state index is -0.626. The molecule has 5 atom stereocenters. The van der Waals surface area contributed by atoms with Gasteiger partial charge in [0, 0.05) is 59.7 Å². The monoisotopic (exact) mass is 750 g/mol. The Morgan fingerprint density at radius 1 is 1.07 bits per heavy atom. The summed E-state index contributed by atoms with van der Waals surface area (Å²) in [5.41, 5.74) is 5.80. The number of nitrogens with zero attached hydrogens (tertiary/aromatic N) is 6. The average molecular weight is 751 g/mol. The molecule has 1 amide bonds. The molecule has 3 aliphatic heterocycles. The van der Waals surface area contributed by atoms with Gasteiger partial charge >= 0.3 is 6.09 Å². The minimum Gasteiger partial charge on any atom is -0.444 e. The summed E-state index contributed by atoms with van der Waals surface area (Å²) in [4.78, 5) is 36.9. The van der Waals surface area contributed by atoms with Gasteiger partial charge < -0.3 is 24.0 Å². The van der Waals surface area contributed by atoms with Crippen LogP contribution in [0.15, 0.2) is 47.5 Å². The second kappa shape index (κ2) is 14.1. The van der Waals surface area contributed by atoms with E-state index in [1.165, 1.54) is 10.2 Å². The van der Waals surface area contributed by atoms with E-state index in [4.69, 9.17) is 19.2 Å². The molecule has 54 heavy (non-hydrogen) atoms. The van der Waals surface area contributed by atoms with Crippen LogP contribution in [0, 0.1) is 17.2 Å². The van der Waals surface area contributed by atoms with Gasteiger partial charge in [-0.1, -0.05) is 20.8 Å². The van der Waals surface area contributed by atoms with Gasteiger partial charge in [0.2, 0.25) is 0 Å². The van der Waals surface area contributed by atoms with Crippen molar-refractivity contribution in [1.29, 1.82) is 5.26 Å². The summed E-state index contributed by atoms with van der Waals surface area (Å²) < 4.78 is 20.6. The number of ether oxygens (including phenoxy) is 3. The first-order chi connectivity index (χ1) is 25.8. The molecule has 8 rings (SSSR count). The van der Waals surface area contributed by atoms with Crippen LogP contribution in [0.2, 0.25) is 0 Å². The summed E-state index contributed by atoms with van der Waals surface area (Å²) >= 11 is 1.61. The summed E-state index contributed by atoms with van der Waals surface area (Å²) in [5.74, 6) is 0.904. The number of nitriles is 1. The van der Waals surface area contributed by atoms with Gasteiger partial charge in [-0.25, -0.2) is 9.48 Å². The second-order valence-electron chi connectivity index (χ2n) is 17.4. The van der Waals surface area contributed by atoms with E-state index in [1.54, 1.807) is 23.6 Å². The number of benzene rings is 1. The fourth-order valence-corrected chi connectivity index (χ4v) is 9.43. The molecule has 1 aliphatic carbocycles. The van der Waals surface area contributed by atoms with Gasteiger partial charge in [-0.15, -0.1) is 11.3 Å². The molecule has 0 radical (unpaired) electrons. The van der Waals surface area contributed by atoms with Crippen LogP contribution < -0.4 is 10.5 Å². The zero-order chi connectivity index (χ0) is 37.9. The van der Waals surface area contributed by atoms with Crippen molar-refractivity contribution < 1.29 is 19.0 Å². The first-order valence-electron chi connectivity index (χ1n) is 19.3. The summed E-state index contributed by atoms with van der Waals surface area (Å²) in [6.45, 7) is 14.7. The van der Waals surface area contributed by atoms with E-state index in [0.717, 1.165) is 76.1 Å². The molecule has 2 saturated heterocycles. The maximum Gasteiger partial charge on any atom is 0.410 e. The molecule has 3 aromatic heterocycles. The van der Waals surface area contributed by atoms with Crippen LogP contribution in [0.1, 0.15) is 101 Å². The van der Waals surface area contributed by atoms with Gasteiger partial charge in [0.05, 0.1) is 47.2 Å². The SMILES string of the molecule is CC(C)(C)OC(=O)N1C[C@H](N2CC3CC3c3cc(C#N)cc(-c4ccnc5cc(Cn6ncc(C(C)(C)C)cc6=O)sc45)c32)C[C@@H]1COC1CCCCO1. The molecule has 4 aromatic rings. The summed E-state index contributed by atoms with van der Waals surface area (Å²) in [7, 11) is 0. The van der Waals surface area contributed by atoms with Crippen molar-refractivity contribution in [3.8, 4) is 17.2 Å². The highest BCUT2D eigenvalue weighted by atomic mass is 32.1. The minimum absolute atomic E-state index is 0.0237. The number of thiophene rings is 1. The molecule has 11 nitrogen and oxygen atoms in total. The molecule has 6 heterocycles. The second-order valence-corrected chi connectivity index (χ2v) is 18.5. The van der Waals surface area contributed by atoms with Crippen LogP contribution in [0.25, 0.3) is 21.3 Å². The Labute approximate surface area is 320 Å². The van der Waals surface area contributed by atoms with E-state index in [-0.39, 0.29) is 35.4 Å². The Morgan fingerprint density at radius 2 is 1.91 bits per heavy atom. The number of carbonyl (C=O) groups is 1. The van der Waals surface area contributed by atoms with Crippen molar-refractivity contribution in [2.24, 2.45) is 5.92 Å². The molecule has 0 bridgehead atoms. The molecule has 1 saturated carbocycles. The van der Waals surface area contributed by atoms with Crippen LogP contribution in [0.5, 0.6) is 0 Å². The lowest BCUT2D eigenvalue weighted by atomic mass is 9.89. The molecule has 4 aliphatic rings. The number of amides is 1. The van der Waals surface area contributed by atoms with E-state index in [9.17, 15) is 14.9 Å². The lowest BCUT2D eigenvalue weighted by Crippen LogP contribution is -2.44. The van der Waals surface area contributed by atoms with Crippen molar-refractivity contribution in [3.63, 3.8) is 0 Å². The lowest BCUT2D eigenvalue weighted by molar-refractivity contribution is -0.168. The number of hydrogen-bond acceptors (Lipinski definition) is 10. The standard InChI is InChI=1S/C42H50N6O5S/c1-41(2,3)27-16-36(49)48(45-20-27)23-30-18-35-39(54-30)31(10-11-44-35)33-13-25(19-43)14-34-32-15-26(32)21-46(38(33)34)28-17-29(24-52-37-9-7-8-12-51-37)47(22-28)40(50)53-42(4,5)6/h10-11,13-14,16,18,20,26,28-29,32,37H,7-9,12,15,17,21-24H2,1-6H3/t26?,28-,29-,32?,37?/m1/s1. The molecule has 284 valence electrons. The van der Waals surface area contributed by atoms with E-state index in [2.05, 4.69) is 42.9 Å². The van der Waals surface area contributed by atoms with Gasteiger partial charge in [-0.3, -0.25) is 9.78 Å². The number of pyridine rings is 1. The first-order valence-corrected chi connectivity index (χ1v) is 20.1. The Kier molecular flexibility index (Phi) is 9.56. The molecule has 3 unspecified atom stereocenters. The molecular weight excluding hydrogens is 701 g/mol. The normalized spacial score (nSPS) is 23.9. The third-order valence-corrected chi connectivity index (χ3v) is 12.3. The quantitative estimate of drug-likeness (QED) is 0.188. The Balaban J connectivity index is 1.15. The molecular formula is C42H50N6O5S. The number of carbonyl (C=O) groups excluding carboxylic acids is 1. The third-order valence-electron chi connectivity index (χ3n) is 11.2. The predicted molar refractivity (Wildman–Crippen MR) is 209 cm³/mol. The highest BCUT2D eigenvalue weighted by Crippen LogP contribution is 2.58. The lowest BCUT2D eigenvalue weighted by Gasteiger charge is -2.38. The van der Waals surface area contributed by atoms with Gasteiger partial charge in [-0.2, -0.15) is 10.4 Å². The fraction of sp³-hybridized carbons (Fsp3) is 0.548. The maximum absolute atomic E-state index is 13.7. The number of aromatic nitrogens is 3. The van der Waals surface area contributed by atoms with Crippen LogP contribution >= 0.6 is 11.3 Å². The average Bonchev–Trinajstić information content (AvgIpc) is 3.60. The summed E-state index contributed by atoms with van der Waals surface area (Å²) in [6.07, 6.45) is 7.82. The highest BCUT2D eigenvalue weighted by Gasteiger charge is 2.50. The van der Waals surface area contributed by atoms with E-state index >= 15 is 0 Å². The molecule has 0 N–H and O–H groups in total. The van der Waals surface area contributed by atoms with Crippen LogP contribution in [-0.2, 0) is 26.2 Å². The highest BCUT2D eigenvalue weighted by molar-refractivity contribution is 7.19. The summed E-state index contributed by atoms with van der Waals surface area (Å²) in [5, 5.41) is 14.8. The Bertz CT molecular complexity index is 2170. The van der Waals surface area contributed by atoms with Crippen molar-refractivity contribution in [2.45, 2.75) is 115 Å².